The first-order valence-electron chi connectivity index (χ1n) is 1.11. The molecule has 0 rings (SSSR count). The van der Waals surface area contributed by atoms with Gasteiger partial charge in [0.15, 0.2) is 0 Å². The standard InChI is InChI=1S/HNO3.NO3.Ru/c2*2-1(3)4;/h(H,2,3,4);;/q;-1;+3. The molecular weight excluding hydrogens is 225 g/mol. The van der Waals surface area contributed by atoms with E-state index in [0.29, 0.717) is 0 Å². The van der Waals surface area contributed by atoms with Crippen molar-refractivity contribution in [2.24, 2.45) is 0 Å². The van der Waals surface area contributed by atoms with Crippen LogP contribution in [0.5, 0.6) is 0 Å². The van der Waals surface area contributed by atoms with Crippen LogP contribution in [-0.2, 0) is 19.5 Å². The predicted octanol–water partition coefficient (Wildman–Crippen LogP) is -0.589. The zero-order chi connectivity index (χ0) is 7.15. The molecule has 0 saturated heterocycles. The van der Waals surface area contributed by atoms with Crippen LogP contribution in [0.15, 0.2) is 0 Å². The Labute approximate surface area is 61.1 Å². The zero-order valence-corrected chi connectivity index (χ0v) is 5.47. The molecule has 1 radical (unpaired) electrons. The Bertz CT molecular complexity index is 69.1. The molecule has 9 heteroatoms. The summed E-state index contributed by atoms with van der Waals surface area (Å²) in [5.41, 5.74) is 0. The fourth-order valence-corrected chi connectivity index (χ4v) is 0. The molecule has 0 atom stereocenters. The molecule has 0 bridgehead atoms. The number of nitrogens with zero attached hydrogens (tertiary/aromatic N) is 2. The maximum absolute atomic E-state index is 8.36. The van der Waals surface area contributed by atoms with E-state index in [-0.39, 0.29) is 19.5 Å². The minimum atomic E-state index is -1.75. The second-order valence-corrected chi connectivity index (χ2v) is 0.461. The second-order valence-electron chi connectivity index (χ2n) is 0.461. The molecule has 8 nitrogen and oxygen atoms in total. The van der Waals surface area contributed by atoms with Gasteiger partial charge < -0.3 is 20.5 Å². The molecule has 0 aliphatic heterocycles. The van der Waals surface area contributed by atoms with Crippen molar-refractivity contribution in [3.63, 3.8) is 0 Å². The van der Waals surface area contributed by atoms with Gasteiger partial charge in [-0.3, -0.25) is 0 Å². The summed E-state index contributed by atoms with van der Waals surface area (Å²) in [5, 5.41) is 28.4. The Morgan fingerprint density at radius 2 is 1.11 bits per heavy atom. The third-order valence-electron chi connectivity index (χ3n) is 0. The van der Waals surface area contributed by atoms with E-state index < -0.39 is 10.2 Å². The van der Waals surface area contributed by atoms with E-state index in [4.69, 9.17) is 30.6 Å². The first-order valence-corrected chi connectivity index (χ1v) is 1.11. The summed E-state index contributed by atoms with van der Waals surface area (Å²) in [6.07, 6.45) is 0. The van der Waals surface area contributed by atoms with Crippen LogP contribution in [0.2, 0.25) is 0 Å². The Hall–Kier alpha value is -0.977. The number of rotatable bonds is 0. The second kappa shape index (κ2) is 10.1. The van der Waals surface area contributed by atoms with Crippen molar-refractivity contribution in [3.8, 4) is 0 Å². The topological polar surface area (TPSA) is 130 Å². The summed E-state index contributed by atoms with van der Waals surface area (Å²) in [7, 11) is 0. The van der Waals surface area contributed by atoms with Crippen LogP contribution in [0.3, 0.4) is 0 Å². The Balaban J connectivity index is -0.0000000720. The third-order valence-corrected chi connectivity index (χ3v) is 0. The minimum Gasteiger partial charge on any atom is -0.356 e. The van der Waals surface area contributed by atoms with Crippen LogP contribution in [0, 0.1) is 25.4 Å². The van der Waals surface area contributed by atoms with E-state index in [1.807, 2.05) is 0 Å². The summed E-state index contributed by atoms with van der Waals surface area (Å²) >= 11 is 0. The maximum Gasteiger partial charge on any atom is 3.00 e. The van der Waals surface area contributed by atoms with E-state index in [9.17, 15) is 0 Å². The number of hydrogen-bond donors (Lipinski definition) is 1. The molecular formula is HN2O6Ru+2. The fraction of sp³-hybridized carbons (Fsp3) is 0. The molecule has 1 N–H and O–H groups in total. The van der Waals surface area contributed by atoms with Crippen LogP contribution in [0.4, 0.5) is 0 Å². The average Bonchev–Trinajstić information content (AvgIpc) is 1.25. The van der Waals surface area contributed by atoms with E-state index in [1.165, 1.54) is 0 Å². The third kappa shape index (κ3) is 186. The van der Waals surface area contributed by atoms with Gasteiger partial charge in [-0.25, -0.2) is 0 Å². The molecule has 0 aromatic carbocycles. The first-order chi connectivity index (χ1) is 3.46. The molecule has 0 amide bonds. The molecule has 0 aromatic rings. The fourth-order valence-electron chi connectivity index (χ4n) is 0. The quantitative estimate of drug-likeness (QED) is 0.333. The van der Waals surface area contributed by atoms with Crippen LogP contribution in [0.25, 0.3) is 0 Å². The van der Waals surface area contributed by atoms with Gasteiger partial charge in [-0.15, -0.1) is 10.1 Å². The van der Waals surface area contributed by atoms with Gasteiger partial charge >= 0.3 is 19.5 Å². The minimum absolute atomic E-state index is 0. The van der Waals surface area contributed by atoms with Gasteiger partial charge in [-0.1, -0.05) is 0 Å². The molecule has 0 fully saturated rings. The van der Waals surface area contributed by atoms with Crippen molar-refractivity contribution >= 4 is 0 Å². The van der Waals surface area contributed by atoms with Crippen molar-refractivity contribution in [1.29, 1.82) is 0 Å². The Kier molecular flexibility index (Phi) is 17.6. The van der Waals surface area contributed by atoms with Crippen molar-refractivity contribution in [3.05, 3.63) is 25.4 Å². The molecule has 0 spiro atoms. The molecule has 0 saturated carbocycles. The van der Waals surface area contributed by atoms with Gasteiger partial charge in [0, 0.05) is 0 Å². The van der Waals surface area contributed by atoms with Crippen molar-refractivity contribution in [2.75, 3.05) is 0 Å². The summed E-state index contributed by atoms with van der Waals surface area (Å²) in [6.45, 7) is 0. The van der Waals surface area contributed by atoms with E-state index >= 15 is 0 Å². The van der Waals surface area contributed by atoms with Gasteiger partial charge in [0.25, 0.3) is 5.09 Å². The zero-order valence-electron chi connectivity index (χ0n) is 3.74. The van der Waals surface area contributed by atoms with Gasteiger partial charge in [0.05, 0.1) is 5.09 Å². The Morgan fingerprint density at radius 3 is 1.11 bits per heavy atom. The van der Waals surface area contributed by atoms with Crippen molar-refractivity contribution in [2.45, 2.75) is 0 Å². The van der Waals surface area contributed by atoms with E-state index in [1.54, 1.807) is 0 Å². The molecule has 0 heterocycles. The van der Waals surface area contributed by atoms with E-state index in [0.717, 1.165) is 0 Å². The molecule has 0 unspecified atom stereocenters. The monoisotopic (exact) mass is 227 g/mol. The molecule has 9 heavy (non-hydrogen) atoms. The molecule has 0 aromatic heterocycles. The van der Waals surface area contributed by atoms with Gasteiger partial charge in [-0.05, 0) is 0 Å². The normalized spacial score (nSPS) is 5.33. The average molecular weight is 226 g/mol. The molecule has 0 aliphatic carbocycles. The van der Waals surface area contributed by atoms with Crippen molar-refractivity contribution < 1.29 is 34.9 Å². The van der Waals surface area contributed by atoms with Crippen LogP contribution in [-0.4, -0.2) is 15.4 Å². The summed E-state index contributed by atoms with van der Waals surface area (Å²) in [6, 6.07) is 0. The van der Waals surface area contributed by atoms with Crippen LogP contribution in [0.1, 0.15) is 0 Å². The summed E-state index contributed by atoms with van der Waals surface area (Å²) < 4.78 is 0. The summed E-state index contributed by atoms with van der Waals surface area (Å²) in [5.74, 6) is 0. The smallest absolute Gasteiger partial charge is 0.356 e. The Morgan fingerprint density at radius 1 is 1.11 bits per heavy atom. The van der Waals surface area contributed by atoms with Crippen molar-refractivity contribution in [1.82, 2.24) is 0 Å². The van der Waals surface area contributed by atoms with Gasteiger partial charge in [0.1, 0.15) is 0 Å². The SMILES string of the molecule is O=[N+]([O-])O.O=[N+]([O-])[O-].[Ru+3]. The largest absolute Gasteiger partial charge is 3.00 e. The molecule has 0 aliphatic rings. The van der Waals surface area contributed by atoms with E-state index in [2.05, 4.69) is 0 Å². The first kappa shape index (κ1) is 15.7. The van der Waals surface area contributed by atoms with Crippen LogP contribution < -0.4 is 0 Å². The predicted molar refractivity (Wildman–Crippen MR) is 19.1 cm³/mol. The maximum atomic E-state index is 8.36. The summed E-state index contributed by atoms with van der Waals surface area (Å²) in [4.78, 5) is 16.6. The van der Waals surface area contributed by atoms with Gasteiger partial charge in [-0.2, -0.15) is 0 Å². The number of hydrogen-bond acceptors (Lipinski definition) is 5. The van der Waals surface area contributed by atoms with Gasteiger partial charge in [0.2, 0.25) is 0 Å². The van der Waals surface area contributed by atoms with Crippen LogP contribution >= 0.6 is 0 Å². The molecule has 53 valence electrons.